The predicted molar refractivity (Wildman–Crippen MR) is 71.5 cm³/mol. The molecule has 104 valence electrons. The van der Waals surface area contributed by atoms with Crippen LogP contribution < -0.4 is 10.0 Å². The number of nitrogens with two attached hydrogens (primary N) is 1. The van der Waals surface area contributed by atoms with Crippen LogP contribution in [-0.4, -0.2) is 37.8 Å². The van der Waals surface area contributed by atoms with Gasteiger partial charge in [0.25, 0.3) is 0 Å². The van der Waals surface area contributed by atoms with E-state index in [2.05, 4.69) is 0 Å². The van der Waals surface area contributed by atoms with Crippen molar-refractivity contribution in [2.45, 2.75) is 18.9 Å². The number of hydrogen-bond acceptors (Lipinski definition) is 4. The van der Waals surface area contributed by atoms with Crippen molar-refractivity contribution >= 4 is 21.7 Å². The van der Waals surface area contributed by atoms with Crippen LogP contribution in [0.5, 0.6) is 0 Å². The second-order valence-corrected chi connectivity index (χ2v) is 6.60. The van der Waals surface area contributed by atoms with Crippen molar-refractivity contribution in [3.8, 4) is 0 Å². The van der Waals surface area contributed by atoms with Gasteiger partial charge in [-0.15, -0.1) is 0 Å². The predicted octanol–water partition coefficient (Wildman–Crippen LogP) is 0.181. The van der Waals surface area contributed by atoms with E-state index in [1.807, 2.05) is 12.1 Å². The minimum absolute atomic E-state index is 0.193. The van der Waals surface area contributed by atoms with Crippen LogP contribution in [-0.2, 0) is 21.2 Å². The van der Waals surface area contributed by atoms with Crippen molar-refractivity contribution in [2.24, 2.45) is 5.73 Å². The number of benzene rings is 1. The molecule has 1 aromatic carbocycles. The van der Waals surface area contributed by atoms with Crippen LogP contribution in [0.15, 0.2) is 24.3 Å². The molecule has 0 saturated heterocycles. The van der Waals surface area contributed by atoms with Crippen molar-refractivity contribution in [3.63, 3.8) is 0 Å². The van der Waals surface area contributed by atoms with Gasteiger partial charge in [-0.2, -0.15) is 0 Å². The molecule has 1 unspecified atom stereocenters. The SMILES string of the molecule is NC1Cc2ccccc2N(S(=O)(=O)CCC(=O)O)C1. The van der Waals surface area contributed by atoms with Gasteiger partial charge >= 0.3 is 5.97 Å². The number of para-hydroxylation sites is 1. The van der Waals surface area contributed by atoms with E-state index in [1.165, 1.54) is 4.31 Å². The zero-order chi connectivity index (χ0) is 14.0. The molecule has 0 aromatic heterocycles. The molecular weight excluding hydrogens is 268 g/mol. The molecule has 0 amide bonds. The first kappa shape index (κ1) is 13.8. The molecule has 7 heteroatoms. The number of anilines is 1. The van der Waals surface area contributed by atoms with Gasteiger partial charge in [-0.3, -0.25) is 9.10 Å². The smallest absolute Gasteiger partial charge is 0.304 e. The Morgan fingerprint density at radius 1 is 1.42 bits per heavy atom. The Labute approximate surface area is 111 Å². The topological polar surface area (TPSA) is 101 Å². The van der Waals surface area contributed by atoms with Crippen LogP contribution in [0.25, 0.3) is 0 Å². The molecule has 1 atom stereocenters. The fourth-order valence-corrected chi connectivity index (χ4v) is 3.72. The molecule has 6 nitrogen and oxygen atoms in total. The van der Waals surface area contributed by atoms with Crippen molar-refractivity contribution in [1.82, 2.24) is 0 Å². The van der Waals surface area contributed by atoms with Crippen molar-refractivity contribution < 1.29 is 18.3 Å². The number of sulfonamides is 1. The van der Waals surface area contributed by atoms with E-state index < -0.39 is 28.2 Å². The highest BCUT2D eigenvalue weighted by molar-refractivity contribution is 7.92. The molecule has 0 fully saturated rings. The lowest BCUT2D eigenvalue weighted by Gasteiger charge is -2.33. The third-order valence-corrected chi connectivity index (χ3v) is 4.79. The molecule has 1 aliphatic rings. The summed E-state index contributed by atoms with van der Waals surface area (Å²) < 4.78 is 25.6. The standard InChI is InChI=1S/C12H16N2O4S/c13-10-7-9-3-1-2-4-11(9)14(8-10)19(17,18)6-5-12(15)16/h1-4,10H,5-8,13H2,(H,15,16). The zero-order valence-corrected chi connectivity index (χ0v) is 11.1. The summed E-state index contributed by atoms with van der Waals surface area (Å²) in [7, 11) is -3.65. The van der Waals surface area contributed by atoms with E-state index in [1.54, 1.807) is 12.1 Å². The Bertz CT molecular complexity index is 585. The molecule has 1 aliphatic heterocycles. The summed E-state index contributed by atoms with van der Waals surface area (Å²) in [5.41, 5.74) is 7.35. The van der Waals surface area contributed by atoms with Crippen LogP contribution in [0.1, 0.15) is 12.0 Å². The van der Waals surface area contributed by atoms with Crippen LogP contribution in [0.4, 0.5) is 5.69 Å². The summed E-state index contributed by atoms with van der Waals surface area (Å²) >= 11 is 0. The molecule has 1 heterocycles. The number of fused-ring (bicyclic) bond motifs is 1. The van der Waals surface area contributed by atoms with Crippen molar-refractivity contribution in [1.29, 1.82) is 0 Å². The normalized spacial score (nSPS) is 19.0. The monoisotopic (exact) mass is 284 g/mol. The Morgan fingerprint density at radius 2 is 2.11 bits per heavy atom. The number of carboxylic acids is 1. The Morgan fingerprint density at radius 3 is 2.79 bits per heavy atom. The van der Waals surface area contributed by atoms with E-state index in [4.69, 9.17) is 10.8 Å². The molecule has 2 rings (SSSR count). The quantitative estimate of drug-likeness (QED) is 0.821. The van der Waals surface area contributed by atoms with Crippen LogP contribution in [0.2, 0.25) is 0 Å². The number of carboxylic acid groups (broad SMARTS) is 1. The van der Waals surface area contributed by atoms with E-state index in [0.29, 0.717) is 12.1 Å². The summed E-state index contributed by atoms with van der Waals surface area (Å²) in [6, 6.07) is 6.89. The van der Waals surface area contributed by atoms with Gasteiger partial charge in [-0.25, -0.2) is 8.42 Å². The first-order valence-corrected chi connectivity index (χ1v) is 7.57. The van der Waals surface area contributed by atoms with Gasteiger partial charge in [0.15, 0.2) is 0 Å². The molecule has 0 saturated carbocycles. The summed E-state index contributed by atoms with van der Waals surface area (Å²) in [5, 5.41) is 8.61. The molecule has 0 spiro atoms. The van der Waals surface area contributed by atoms with Crippen LogP contribution >= 0.6 is 0 Å². The average molecular weight is 284 g/mol. The van der Waals surface area contributed by atoms with E-state index >= 15 is 0 Å². The summed E-state index contributed by atoms with van der Waals surface area (Å²) in [6.45, 7) is 0.193. The Hall–Kier alpha value is -1.60. The minimum Gasteiger partial charge on any atom is -0.481 e. The van der Waals surface area contributed by atoms with Gasteiger partial charge in [0.1, 0.15) is 0 Å². The third kappa shape index (κ3) is 3.05. The largest absolute Gasteiger partial charge is 0.481 e. The second kappa shape index (κ2) is 5.18. The van der Waals surface area contributed by atoms with E-state index in [-0.39, 0.29) is 12.6 Å². The minimum atomic E-state index is -3.65. The zero-order valence-electron chi connectivity index (χ0n) is 10.3. The fourth-order valence-electron chi connectivity index (χ4n) is 2.17. The van der Waals surface area contributed by atoms with Gasteiger partial charge in [-0.1, -0.05) is 18.2 Å². The number of nitrogens with zero attached hydrogens (tertiary/aromatic N) is 1. The maximum Gasteiger partial charge on any atom is 0.304 e. The lowest BCUT2D eigenvalue weighted by Crippen LogP contribution is -2.47. The Balaban J connectivity index is 2.32. The van der Waals surface area contributed by atoms with Gasteiger partial charge < -0.3 is 10.8 Å². The fraction of sp³-hybridized carbons (Fsp3) is 0.417. The highest BCUT2D eigenvalue weighted by Crippen LogP contribution is 2.28. The lowest BCUT2D eigenvalue weighted by molar-refractivity contribution is -0.136. The number of hydrogen-bond donors (Lipinski definition) is 2. The molecule has 1 aromatic rings. The molecule has 0 radical (unpaired) electrons. The van der Waals surface area contributed by atoms with Gasteiger partial charge in [0, 0.05) is 12.6 Å². The molecular formula is C12H16N2O4S. The molecule has 3 N–H and O–H groups in total. The molecule has 0 aliphatic carbocycles. The average Bonchev–Trinajstić information content (AvgIpc) is 2.35. The number of rotatable bonds is 4. The first-order chi connectivity index (χ1) is 8.90. The van der Waals surface area contributed by atoms with Crippen molar-refractivity contribution in [3.05, 3.63) is 29.8 Å². The summed E-state index contributed by atoms with van der Waals surface area (Å²) in [5.74, 6) is -1.54. The van der Waals surface area contributed by atoms with Gasteiger partial charge in [-0.05, 0) is 18.1 Å². The van der Waals surface area contributed by atoms with E-state index in [9.17, 15) is 13.2 Å². The van der Waals surface area contributed by atoms with E-state index in [0.717, 1.165) is 5.56 Å². The summed E-state index contributed by atoms with van der Waals surface area (Å²) in [4.78, 5) is 10.5. The summed E-state index contributed by atoms with van der Waals surface area (Å²) in [6.07, 6.45) is 0.220. The van der Waals surface area contributed by atoms with Crippen molar-refractivity contribution in [2.75, 3.05) is 16.6 Å². The Kier molecular flexibility index (Phi) is 3.77. The lowest BCUT2D eigenvalue weighted by atomic mass is 10.0. The third-order valence-electron chi connectivity index (χ3n) is 3.05. The second-order valence-electron chi connectivity index (χ2n) is 4.58. The van der Waals surface area contributed by atoms with Crippen LogP contribution in [0.3, 0.4) is 0 Å². The van der Waals surface area contributed by atoms with Gasteiger partial charge in [0.2, 0.25) is 10.0 Å². The number of carbonyl (C=O) groups is 1. The van der Waals surface area contributed by atoms with Crippen LogP contribution in [0, 0.1) is 0 Å². The maximum absolute atomic E-state index is 12.2. The molecule has 0 bridgehead atoms. The van der Waals surface area contributed by atoms with Gasteiger partial charge in [0.05, 0.1) is 17.9 Å². The molecule has 19 heavy (non-hydrogen) atoms. The first-order valence-electron chi connectivity index (χ1n) is 5.96. The highest BCUT2D eigenvalue weighted by atomic mass is 32.2. The number of aliphatic carboxylic acids is 1. The maximum atomic E-state index is 12.2. The highest BCUT2D eigenvalue weighted by Gasteiger charge is 2.30.